The lowest BCUT2D eigenvalue weighted by Crippen LogP contribution is -2.12. The lowest BCUT2D eigenvalue weighted by molar-refractivity contribution is -0.136. The van der Waals surface area contributed by atoms with Crippen LogP contribution in [0.2, 0.25) is 0 Å². The number of unbranched alkanes of at least 4 members (excludes halogenated alkanes) is 1. The lowest BCUT2D eigenvalue weighted by atomic mass is 10.1. The third kappa shape index (κ3) is 7.85. The van der Waals surface area contributed by atoms with Crippen molar-refractivity contribution >= 4 is 17.6 Å². The van der Waals surface area contributed by atoms with Crippen LogP contribution >= 0.6 is 11.6 Å². The van der Waals surface area contributed by atoms with Crippen LogP contribution in [0, 0.1) is 5.92 Å². The standard InChI is InChI=1S/C10H17ClO2/c1-8(2)6-4-3-5-7-9(11)10(12)13/h4,6,8-9H,3,5,7H2,1-2H3,(H,12,13). The van der Waals surface area contributed by atoms with Crippen LogP contribution in [-0.4, -0.2) is 16.5 Å². The number of carbonyl (C=O) groups is 1. The molecule has 0 amide bonds. The van der Waals surface area contributed by atoms with E-state index < -0.39 is 11.3 Å². The van der Waals surface area contributed by atoms with Crippen molar-refractivity contribution in [1.82, 2.24) is 0 Å². The van der Waals surface area contributed by atoms with E-state index in [2.05, 4.69) is 26.0 Å². The molecule has 2 nitrogen and oxygen atoms in total. The van der Waals surface area contributed by atoms with E-state index in [9.17, 15) is 4.79 Å². The molecule has 0 aromatic heterocycles. The van der Waals surface area contributed by atoms with Crippen LogP contribution in [0.4, 0.5) is 0 Å². The van der Waals surface area contributed by atoms with E-state index in [0.29, 0.717) is 12.3 Å². The zero-order valence-corrected chi connectivity index (χ0v) is 8.92. The van der Waals surface area contributed by atoms with Gasteiger partial charge in [0, 0.05) is 0 Å². The van der Waals surface area contributed by atoms with Crippen LogP contribution in [0.3, 0.4) is 0 Å². The van der Waals surface area contributed by atoms with Gasteiger partial charge in [-0.15, -0.1) is 11.6 Å². The summed E-state index contributed by atoms with van der Waals surface area (Å²) in [6.45, 7) is 4.22. The summed E-state index contributed by atoms with van der Waals surface area (Å²) in [7, 11) is 0. The molecule has 0 saturated heterocycles. The number of alkyl halides is 1. The van der Waals surface area contributed by atoms with Gasteiger partial charge in [-0.3, -0.25) is 4.79 Å². The molecule has 0 aliphatic rings. The summed E-state index contributed by atoms with van der Waals surface area (Å²) in [5.74, 6) is -0.360. The summed E-state index contributed by atoms with van der Waals surface area (Å²) >= 11 is 5.53. The summed E-state index contributed by atoms with van der Waals surface area (Å²) in [4.78, 5) is 10.3. The second-order valence-electron chi connectivity index (χ2n) is 3.41. The van der Waals surface area contributed by atoms with Crippen molar-refractivity contribution in [2.45, 2.75) is 38.5 Å². The number of carboxylic acid groups (broad SMARTS) is 1. The molecule has 0 spiro atoms. The summed E-state index contributed by atoms with van der Waals surface area (Å²) < 4.78 is 0. The third-order valence-electron chi connectivity index (χ3n) is 1.62. The largest absolute Gasteiger partial charge is 0.480 e. The second kappa shape index (κ2) is 6.96. The highest BCUT2D eigenvalue weighted by Gasteiger charge is 2.11. The summed E-state index contributed by atoms with van der Waals surface area (Å²) in [5, 5.41) is 7.75. The molecular formula is C10H17ClO2. The van der Waals surface area contributed by atoms with Crippen LogP contribution in [-0.2, 0) is 4.79 Å². The molecule has 13 heavy (non-hydrogen) atoms. The number of hydrogen-bond acceptors (Lipinski definition) is 1. The van der Waals surface area contributed by atoms with Crippen molar-refractivity contribution in [3.8, 4) is 0 Å². The van der Waals surface area contributed by atoms with E-state index in [1.165, 1.54) is 0 Å². The molecule has 0 aliphatic heterocycles. The molecule has 0 fully saturated rings. The Balaban J connectivity index is 3.41. The van der Waals surface area contributed by atoms with Gasteiger partial charge in [0.15, 0.2) is 0 Å². The number of hydrogen-bond donors (Lipinski definition) is 1. The fourth-order valence-electron chi connectivity index (χ4n) is 0.907. The quantitative estimate of drug-likeness (QED) is 0.410. The van der Waals surface area contributed by atoms with Gasteiger partial charge in [0.1, 0.15) is 5.38 Å². The van der Waals surface area contributed by atoms with Gasteiger partial charge in [-0.05, 0) is 25.2 Å². The lowest BCUT2D eigenvalue weighted by Gasteiger charge is -2.01. The Morgan fingerprint density at radius 3 is 2.62 bits per heavy atom. The Hall–Kier alpha value is -0.500. The molecule has 0 aromatic carbocycles. The summed E-state index contributed by atoms with van der Waals surface area (Å²) in [5.41, 5.74) is 0. The van der Waals surface area contributed by atoms with Gasteiger partial charge in [-0.25, -0.2) is 0 Å². The topological polar surface area (TPSA) is 37.3 Å². The molecule has 76 valence electrons. The average molecular weight is 205 g/mol. The molecule has 0 aromatic rings. The van der Waals surface area contributed by atoms with Gasteiger partial charge >= 0.3 is 5.97 Å². The molecule has 0 rings (SSSR count). The molecule has 0 bridgehead atoms. The molecule has 0 aliphatic carbocycles. The fourth-order valence-corrected chi connectivity index (χ4v) is 1.06. The zero-order valence-electron chi connectivity index (χ0n) is 8.16. The predicted molar refractivity (Wildman–Crippen MR) is 55.1 cm³/mol. The first kappa shape index (κ1) is 12.5. The van der Waals surface area contributed by atoms with Gasteiger partial charge in [0.2, 0.25) is 0 Å². The Morgan fingerprint density at radius 1 is 1.54 bits per heavy atom. The van der Waals surface area contributed by atoms with Gasteiger partial charge in [0.05, 0.1) is 0 Å². The van der Waals surface area contributed by atoms with Gasteiger partial charge < -0.3 is 5.11 Å². The van der Waals surface area contributed by atoms with E-state index in [1.54, 1.807) is 0 Å². The molecule has 0 saturated carbocycles. The molecule has 0 heterocycles. The molecule has 3 heteroatoms. The normalized spacial score (nSPS) is 13.8. The van der Waals surface area contributed by atoms with E-state index >= 15 is 0 Å². The number of rotatable bonds is 6. The smallest absolute Gasteiger partial charge is 0.321 e. The van der Waals surface area contributed by atoms with Crippen LogP contribution in [0.25, 0.3) is 0 Å². The highest BCUT2D eigenvalue weighted by Crippen LogP contribution is 2.08. The van der Waals surface area contributed by atoms with E-state index in [4.69, 9.17) is 16.7 Å². The maximum Gasteiger partial charge on any atom is 0.321 e. The second-order valence-corrected chi connectivity index (χ2v) is 3.94. The monoisotopic (exact) mass is 204 g/mol. The average Bonchev–Trinajstić information content (AvgIpc) is 2.02. The van der Waals surface area contributed by atoms with Crippen molar-refractivity contribution in [2.24, 2.45) is 5.92 Å². The zero-order chi connectivity index (χ0) is 10.3. The van der Waals surface area contributed by atoms with Crippen molar-refractivity contribution in [1.29, 1.82) is 0 Å². The van der Waals surface area contributed by atoms with E-state index in [0.717, 1.165) is 12.8 Å². The van der Waals surface area contributed by atoms with Gasteiger partial charge in [-0.2, -0.15) is 0 Å². The third-order valence-corrected chi connectivity index (χ3v) is 2.02. The summed E-state index contributed by atoms with van der Waals surface area (Å²) in [6.07, 6.45) is 6.48. The number of halogens is 1. The predicted octanol–water partition coefficient (Wildman–Crippen LogP) is 3.06. The Bertz CT molecular complexity index is 176. The highest BCUT2D eigenvalue weighted by atomic mass is 35.5. The molecule has 1 atom stereocenters. The van der Waals surface area contributed by atoms with Crippen molar-refractivity contribution < 1.29 is 9.90 Å². The van der Waals surface area contributed by atoms with Crippen molar-refractivity contribution in [3.63, 3.8) is 0 Å². The maximum atomic E-state index is 10.3. The first-order chi connectivity index (χ1) is 6.04. The van der Waals surface area contributed by atoms with Gasteiger partial charge in [-0.1, -0.05) is 26.0 Å². The van der Waals surface area contributed by atoms with Crippen molar-refractivity contribution in [3.05, 3.63) is 12.2 Å². The van der Waals surface area contributed by atoms with Crippen LogP contribution in [0.1, 0.15) is 33.1 Å². The molecular weight excluding hydrogens is 188 g/mol. The fraction of sp³-hybridized carbons (Fsp3) is 0.700. The summed E-state index contributed by atoms with van der Waals surface area (Å²) in [6, 6.07) is 0. The van der Waals surface area contributed by atoms with E-state index in [-0.39, 0.29) is 0 Å². The van der Waals surface area contributed by atoms with E-state index in [1.807, 2.05) is 0 Å². The van der Waals surface area contributed by atoms with Gasteiger partial charge in [0.25, 0.3) is 0 Å². The molecule has 0 radical (unpaired) electrons. The SMILES string of the molecule is CC(C)C=CCCCC(Cl)C(=O)O. The highest BCUT2D eigenvalue weighted by molar-refractivity contribution is 6.29. The number of allylic oxidation sites excluding steroid dienone is 2. The minimum Gasteiger partial charge on any atom is -0.480 e. The van der Waals surface area contributed by atoms with Crippen LogP contribution in [0.15, 0.2) is 12.2 Å². The maximum absolute atomic E-state index is 10.3. The Labute approximate surface area is 84.6 Å². The Morgan fingerprint density at radius 2 is 2.15 bits per heavy atom. The number of aliphatic carboxylic acids is 1. The first-order valence-corrected chi connectivity index (χ1v) is 5.01. The van der Waals surface area contributed by atoms with Crippen LogP contribution in [0.5, 0.6) is 0 Å². The minimum atomic E-state index is -0.922. The number of carboxylic acids is 1. The van der Waals surface area contributed by atoms with Crippen LogP contribution < -0.4 is 0 Å². The molecule has 1 N–H and O–H groups in total. The first-order valence-electron chi connectivity index (χ1n) is 4.57. The van der Waals surface area contributed by atoms with Crippen molar-refractivity contribution in [2.75, 3.05) is 0 Å². The Kier molecular flexibility index (Phi) is 6.69. The minimum absolute atomic E-state index is 0.541. The molecule has 1 unspecified atom stereocenters.